The Bertz CT molecular complexity index is 673. The summed E-state index contributed by atoms with van der Waals surface area (Å²) in [7, 11) is 0. The Morgan fingerprint density at radius 3 is 2.44 bits per heavy atom. The predicted octanol–water partition coefficient (Wildman–Crippen LogP) is 1.45. The lowest BCUT2D eigenvalue weighted by atomic mass is 10.0. The first-order valence-corrected chi connectivity index (χ1v) is 7.69. The van der Waals surface area contributed by atoms with Gasteiger partial charge in [-0.2, -0.15) is 18.4 Å². The molecule has 0 spiro atoms. The summed E-state index contributed by atoms with van der Waals surface area (Å²) in [6.45, 7) is 3.42. The molecule has 3 N–H and O–H groups in total. The van der Waals surface area contributed by atoms with Crippen LogP contribution in [0.25, 0.3) is 0 Å². The van der Waals surface area contributed by atoms with Crippen LogP contribution < -0.4 is 4.90 Å². The molecule has 0 bridgehead atoms. The highest BCUT2D eigenvalue weighted by Crippen LogP contribution is 2.40. The summed E-state index contributed by atoms with van der Waals surface area (Å²) in [6, 6.07) is 4.51. The van der Waals surface area contributed by atoms with Crippen LogP contribution in [-0.4, -0.2) is 51.5 Å². The van der Waals surface area contributed by atoms with Gasteiger partial charge in [-0.15, -0.1) is 0 Å². The van der Waals surface area contributed by atoms with Gasteiger partial charge in [-0.05, 0) is 38.5 Å². The fourth-order valence-corrected chi connectivity index (χ4v) is 3.01. The summed E-state index contributed by atoms with van der Waals surface area (Å²) in [5.74, 6) is 0. The van der Waals surface area contributed by atoms with Crippen LogP contribution >= 0.6 is 0 Å². The Morgan fingerprint density at radius 2 is 1.92 bits per heavy atom. The molecule has 138 valence electrons. The highest BCUT2D eigenvalue weighted by Gasteiger charge is 2.51. The second kappa shape index (κ2) is 6.80. The molecule has 2 unspecified atom stereocenters. The number of aliphatic hydroxyl groups is 3. The first kappa shape index (κ1) is 19.5. The second-order valence-corrected chi connectivity index (χ2v) is 6.39. The van der Waals surface area contributed by atoms with Gasteiger partial charge in [-0.25, -0.2) is 0 Å². The van der Waals surface area contributed by atoms with Crippen molar-refractivity contribution in [2.45, 2.75) is 44.6 Å². The van der Waals surface area contributed by atoms with Gasteiger partial charge in [0, 0.05) is 18.8 Å². The molecule has 1 fully saturated rings. The molecule has 6 nitrogen and oxygen atoms in total. The zero-order valence-corrected chi connectivity index (χ0v) is 13.8. The van der Waals surface area contributed by atoms with Crippen LogP contribution in [0.5, 0.6) is 0 Å². The SMILES string of the molecule is CC1(C)C(O)N(c2ccc(C#N)c(C(F)(F)F)c2)C(O)N1CCCO. The summed E-state index contributed by atoms with van der Waals surface area (Å²) < 4.78 is 39.5. The number of nitriles is 1. The minimum Gasteiger partial charge on any atom is -0.396 e. The smallest absolute Gasteiger partial charge is 0.396 e. The lowest BCUT2D eigenvalue weighted by molar-refractivity contribution is -0.137. The predicted molar refractivity (Wildman–Crippen MR) is 83.1 cm³/mol. The third-order valence-corrected chi connectivity index (χ3v) is 4.45. The van der Waals surface area contributed by atoms with Crippen molar-refractivity contribution >= 4 is 5.69 Å². The van der Waals surface area contributed by atoms with E-state index in [9.17, 15) is 23.4 Å². The van der Waals surface area contributed by atoms with Crippen molar-refractivity contribution in [3.8, 4) is 6.07 Å². The molecular weight excluding hydrogens is 339 g/mol. The summed E-state index contributed by atoms with van der Waals surface area (Å²) in [4.78, 5) is 2.56. The van der Waals surface area contributed by atoms with E-state index in [0.29, 0.717) is 6.42 Å². The van der Waals surface area contributed by atoms with E-state index in [-0.39, 0.29) is 18.8 Å². The third-order valence-electron chi connectivity index (χ3n) is 4.45. The minimum absolute atomic E-state index is 0.0501. The standard InChI is InChI=1S/C16H20F3N3O3/c1-15(2)13(24)22(14(25)21(15)6-3-7-23)11-5-4-10(9-20)12(8-11)16(17,18)19/h4-5,8,13-14,23-25H,3,6-7H2,1-2H3. The van der Waals surface area contributed by atoms with Gasteiger partial charge >= 0.3 is 6.18 Å². The minimum atomic E-state index is -4.73. The van der Waals surface area contributed by atoms with Gasteiger partial charge < -0.3 is 20.2 Å². The van der Waals surface area contributed by atoms with Crippen molar-refractivity contribution in [3.63, 3.8) is 0 Å². The molecule has 0 saturated carbocycles. The van der Waals surface area contributed by atoms with E-state index in [2.05, 4.69) is 0 Å². The molecule has 0 radical (unpaired) electrons. The number of hydrogen-bond donors (Lipinski definition) is 3. The Balaban J connectivity index is 2.46. The Labute approximate surface area is 143 Å². The number of halogens is 3. The fraction of sp³-hybridized carbons (Fsp3) is 0.562. The zero-order valence-electron chi connectivity index (χ0n) is 13.8. The van der Waals surface area contributed by atoms with E-state index in [1.165, 1.54) is 17.0 Å². The van der Waals surface area contributed by atoms with Crippen LogP contribution in [0.2, 0.25) is 0 Å². The fourth-order valence-electron chi connectivity index (χ4n) is 3.01. The number of nitrogens with zero attached hydrogens (tertiary/aromatic N) is 3. The average Bonchev–Trinajstić information content (AvgIpc) is 2.70. The van der Waals surface area contributed by atoms with E-state index in [0.717, 1.165) is 17.0 Å². The van der Waals surface area contributed by atoms with Gasteiger partial charge in [0.2, 0.25) is 0 Å². The van der Waals surface area contributed by atoms with Gasteiger partial charge in [0.05, 0.1) is 22.7 Å². The van der Waals surface area contributed by atoms with Crippen molar-refractivity contribution < 1.29 is 28.5 Å². The van der Waals surface area contributed by atoms with E-state index in [1.807, 2.05) is 0 Å². The molecule has 25 heavy (non-hydrogen) atoms. The van der Waals surface area contributed by atoms with Crippen LogP contribution in [0.1, 0.15) is 31.4 Å². The molecule has 2 rings (SSSR count). The number of alkyl halides is 3. The van der Waals surface area contributed by atoms with Crippen LogP contribution in [0, 0.1) is 11.3 Å². The summed E-state index contributed by atoms with van der Waals surface area (Å²) in [6.07, 6.45) is -7.05. The van der Waals surface area contributed by atoms with Gasteiger partial charge in [-0.1, -0.05) is 0 Å². The lowest BCUT2D eigenvalue weighted by Crippen LogP contribution is -2.48. The van der Waals surface area contributed by atoms with Crippen molar-refractivity contribution in [2.75, 3.05) is 18.1 Å². The Morgan fingerprint density at radius 1 is 1.28 bits per heavy atom. The molecule has 1 aliphatic heterocycles. The lowest BCUT2D eigenvalue weighted by Gasteiger charge is -2.32. The van der Waals surface area contributed by atoms with E-state index in [1.54, 1.807) is 13.8 Å². The molecule has 2 atom stereocenters. The summed E-state index contributed by atoms with van der Waals surface area (Å²) in [5, 5.41) is 38.9. The molecule has 9 heteroatoms. The molecule has 1 aromatic carbocycles. The second-order valence-electron chi connectivity index (χ2n) is 6.39. The van der Waals surface area contributed by atoms with Gasteiger partial charge in [0.15, 0.2) is 6.35 Å². The molecule has 1 aliphatic rings. The van der Waals surface area contributed by atoms with Crippen molar-refractivity contribution in [1.82, 2.24) is 4.90 Å². The number of aliphatic hydroxyl groups excluding tert-OH is 3. The van der Waals surface area contributed by atoms with E-state index >= 15 is 0 Å². The maximum Gasteiger partial charge on any atom is 0.417 e. The van der Waals surface area contributed by atoms with Crippen LogP contribution in [0.3, 0.4) is 0 Å². The maximum absolute atomic E-state index is 13.2. The summed E-state index contributed by atoms with van der Waals surface area (Å²) >= 11 is 0. The molecule has 0 aliphatic carbocycles. The van der Waals surface area contributed by atoms with Crippen LogP contribution in [0.15, 0.2) is 18.2 Å². The Hall–Kier alpha value is -1.86. The van der Waals surface area contributed by atoms with Crippen molar-refractivity contribution in [1.29, 1.82) is 5.26 Å². The van der Waals surface area contributed by atoms with E-state index in [4.69, 9.17) is 10.4 Å². The molecule has 1 saturated heterocycles. The van der Waals surface area contributed by atoms with Gasteiger partial charge in [0.1, 0.15) is 6.23 Å². The topological polar surface area (TPSA) is 91.0 Å². The van der Waals surface area contributed by atoms with Crippen LogP contribution in [0.4, 0.5) is 18.9 Å². The number of anilines is 1. The van der Waals surface area contributed by atoms with Gasteiger partial charge in [0.25, 0.3) is 0 Å². The summed E-state index contributed by atoms with van der Waals surface area (Å²) in [5.41, 5.74) is -2.67. The monoisotopic (exact) mass is 359 g/mol. The highest BCUT2D eigenvalue weighted by atomic mass is 19.4. The molecular formula is C16H20F3N3O3. The normalized spacial score (nSPS) is 23.7. The quantitative estimate of drug-likeness (QED) is 0.754. The zero-order chi connectivity index (χ0) is 19.0. The Kier molecular flexibility index (Phi) is 5.30. The van der Waals surface area contributed by atoms with Crippen molar-refractivity contribution in [2.24, 2.45) is 0 Å². The first-order valence-electron chi connectivity index (χ1n) is 7.69. The number of hydrogen-bond acceptors (Lipinski definition) is 6. The third kappa shape index (κ3) is 3.43. The van der Waals surface area contributed by atoms with Gasteiger partial charge in [-0.3, -0.25) is 4.90 Å². The average molecular weight is 359 g/mol. The van der Waals surface area contributed by atoms with Crippen LogP contribution in [-0.2, 0) is 6.18 Å². The van der Waals surface area contributed by atoms with Crippen molar-refractivity contribution in [3.05, 3.63) is 29.3 Å². The maximum atomic E-state index is 13.2. The van der Waals surface area contributed by atoms with E-state index < -0.39 is 35.4 Å². The number of benzene rings is 1. The highest BCUT2D eigenvalue weighted by molar-refractivity contribution is 5.56. The molecule has 1 aromatic rings. The first-order chi connectivity index (χ1) is 11.6. The number of rotatable bonds is 4. The largest absolute Gasteiger partial charge is 0.417 e. The molecule has 0 amide bonds. The molecule has 1 heterocycles. The molecule has 0 aromatic heterocycles.